The molecule has 2 saturated heterocycles. The standard InChI is InChI=1S/C22H22BrN3O2S/c1-2-26-21(27)20(15-16-3-5-17(23)6-4-16)29-22(26)24-18-7-9-19(10-8-18)25-11-13-28-14-12-25/h3-10,15H,2,11-14H2,1H3. The number of hydrogen-bond donors (Lipinski definition) is 0. The van der Waals surface area contributed by atoms with Crippen LogP contribution < -0.4 is 4.90 Å². The first-order chi connectivity index (χ1) is 14.1. The van der Waals surface area contributed by atoms with Crippen molar-refractivity contribution in [3.8, 4) is 0 Å². The van der Waals surface area contributed by atoms with Gasteiger partial charge in [-0.1, -0.05) is 28.1 Å². The van der Waals surface area contributed by atoms with Crippen LogP contribution in [0.3, 0.4) is 0 Å². The van der Waals surface area contributed by atoms with Crippen LogP contribution in [0.5, 0.6) is 0 Å². The number of nitrogens with zero attached hydrogens (tertiary/aromatic N) is 3. The van der Waals surface area contributed by atoms with Gasteiger partial charge in [0.05, 0.1) is 23.8 Å². The maximum atomic E-state index is 12.8. The van der Waals surface area contributed by atoms with Gasteiger partial charge in [0.2, 0.25) is 0 Å². The zero-order chi connectivity index (χ0) is 20.2. The normalized spacial score (nSPS) is 20.1. The highest BCUT2D eigenvalue weighted by Gasteiger charge is 2.32. The summed E-state index contributed by atoms with van der Waals surface area (Å²) in [7, 11) is 0. The monoisotopic (exact) mass is 471 g/mol. The van der Waals surface area contributed by atoms with Crippen LogP contribution in [0.15, 0.2) is 62.9 Å². The highest BCUT2D eigenvalue weighted by molar-refractivity contribution is 9.10. The van der Waals surface area contributed by atoms with E-state index in [1.54, 1.807) is 4.90 Å². The van der Waals surface area contributed by atoms with Gasteiger partial charge < -0.3 is 9.64 Å². The summed E-state index contributed by atoms with van der Waals surface area (Å²) in [6, 6.07) is 16.1. The zero-order valence-electron chi connectivity index (χ0n) is 16.2. The number of ether oxygens (including phenoxy) is 1. The van der Waals surface area contributed by atoms with E-state index in [4.69, 9.17) is 9.73 Å². The highest BCUT2D eigenvalue weighted by atomic mass is 79.9. The Morgan fingerprint density at radius 3 is 2.45 bits per heavy atom. The van der Waals surface area contributed by atoms with E-state index in [2.05, 4.69) is 33.0 Å². The van der Waals surface area contributed by atoms with Gasteiger partial charge in [-0.15, -0.1) is 0 Å². The van der Waals surface area contributed by atoms with Crippen LogP contribution in [0.25, 0.3) is 6.08 Å². The van der Waals surface area contributed by atoms with Crippen molar-refractivity contribution in [3.63, 3.8) is 0 Å². The molecule has 2 aliphatic heterocycles. The molecule has 0 radical (unpaired) electrons. The van der Waals surface area contributed by atoms with Crippen molar-refractivity contribution in [1.82, 2.24) is 4.90 Å². The van der Waals surface area contributed by atoms with E-state index >= 15 is 0 Å². The molecule has 2 aromatic carbocycles. The van der Waals surface area contributed by atoms with Crippen LogP contribution in [0, 0.1) is 0 Å². The van der Waals surface area contributed by atoms with Crippen molar-refractivity contribution in [2.45, 2.75) is 6.92 Å². The van der Waals surface area contributed by atoms with Gasteiger partial charge in [0.1, 0.15) is 0 Å². The summed E-state index contributed by atoms with van der Waals surface area (Å²) in [6.07, 6.45) is 1.92. The zero-order valence-corrected chi connectivity index (χ0v) is 18.6. The van der Waals surface area contributed by atoms with Crippen LogP contribution in [0.1, 0.15) is 12.5 Å². The van der Waals surface area contributed by atoms with E-state index in [9.17, 15) is 4.79 Å². The summed E-state index contributed by atoms with van der Waals surface area (Å²) >= 11 is 4.86. The Bertz CT molecular complexity index is 936. The second-order valence-electron chi connectivity index (χ2n) is 6.72. The van der Waals surface area contributed by atoms with E-state index in [1.807, 2.05) is 49.4 Å². The first kappa shape index (κ1) is 20.2. The maximum Gasteiger partial charge on any atom is 0.266 e. The topological polar surface area (TPSA) is 45.1 Å². The van der Waals surface area contributed by atoms with Crippen molar-refractivity contribution in [1.29, 1.82) is 0 Å². The van der Waals surface area contributed by atoms with Gasteiger partial charge in [-0.2, -0.15) is 0 Å². The van der Waals surface area contributed by atoms with E-state index < -0.39 is 0 Å². The number of rotatable bonds is 4. The molecule has 0 unspecified atom stereocenters. The molecule has 4 rings (SSSR count). The lowest BCUT2D eigenvalue weighted by Crippen LogP contribution is -2.36. The number of thioether (sulfide) groups is 1. The van der Waals surface area contributed by atoms with Gasteiger partial charge >= 0.3 is 0 Å². The predicted molar refractivity (Wildman–Crippen MR) is 124 cm³/mol. The maximum absolute atomic E-state index is 12.8. The molecule has 2 aromatic rings. The average molecular weight is 472 g/mol. The van der Waals surface area contributed by atoms with Gasteiger partial charge in [-0.25, -0.2) is 4.99 Å². The Morgan fingerprint density at radius 1 is 1.10 bits per heavy atom. The minimum Gasteiger partial charge on any atom is -0.378 e. The highest BCUT2D eigenvalue weighted by Crippen LogP contribution is 2.34. The molecule has 5 nitrogen and oxygen atoms in total. The number of likely N-dealkylation sites (N-methyl/N-ethyl adjacent to an activating group) is 1. The number of amidine groups is 1. The fraction of sp³-hybridized carbons (Fsp3) is 0.273. The molecule has 0 aromatic heterocycles. The predicted octanol–water partition coefficient (Wildman–Crippen LogP) is 4.91. The minimum absolute atomic E-state index is 0.00380. The fourth-order valence-corrected chi connectivity index (χ4v) is 4.58. The van der Waals surface area contributed by atoms with Gasteiger partial charge in [0.25, 0.3) is 5.91 Å². The Morgan fingerprint density at radius 2 is 1.79 bits per heavy atom. The third-order valence-electron chi connectivity index (χ3n) is 4.82. The van der Waals surface area contributed by atoms with Gasteiger partial charge in [0.15, 0.2) is 5.17 Å². The molecule has 29 heavy (non-hydrogen) atoms. The Balaban J connectivity index is 1.54. The molecular formula is C22H22BrN3O2S. The number of amides is 1. The molecule has 0 atom stereocenters. The van der Waals surface area contributed by atoms with Gasteiger partial charge in [-0.05, 0) is 66.7 Å². The lowest BCUT2D eigenvalue weighted by Gasteiger charge is -2.28. The molecule has 150 valence electrons. The second-order valence-corrected chi connectivity index (χ2v) is 8.65. The van der Waals surface area contributed by atoms with Crippen molar-refractivity contribution in [2.75, 3.05) is 37.7 Å². The largest absolute Gasteiger partial charge is 0.378 e. The summed E-state index contributed by atoms with van der Waals surface area (Å²) in [5.41, 5.74) is 3.02. The molecule has 0 spiro atoms. The number of halogens is 1. The smallest absolute Gasteiger partial charge is 0.266 e. The Labute approximate surface area is 183 Å². The Hall–Kier alpha value is -2.09. The minimum atomic E-state index is 0.00380. The number of benzene rings is 2. The van der Waals surface area contributed by atoms with E-state index in [0.717, 1.165) is 47.2 Å². The van der Waals surface area contributed by atoms with Crippen molar-refractivity contribution < 1.29 is 9.53 Å². The molecule has 0 N–H and O–H groups in total. The van der Waals surface area contributed by atoms with Gasteiger partial charge in [0, 0.05) is 29.8 Å². The number of aliphatic imine (C=N–C) groups is 1. The summed E-state index contributed by atoms with van der Waals surface area (Å²) in [4.78, 5) is 22.3. The van der Waals surface area contributed by atoms with Crippen LogP contribution in [0.2, 0.25) is 0 Å². The average Bonchev–Trinajstić information content (AvgIpc) is 3.05. The third-order valence-corrected chi connectivity index (χ3v) is 6.36. The first-order valence-electron chi connectivity index (χ1n) is 9.62. The summed E-state index contributed by atoms with van der Waals surface area (Å²) < 4.78 is 6.43. The SMILES string of the molecule is CCN1C(=O)C(=Cc2ccc(Br)cc2)SC1=Nc1ccc(N2CCOCC2)cc1. The molecule has 2 fully saturated rings. The number of carbonyl (C=O) groups excluding carboxylic acids is 1. The molecule has 1 amide bonds. The second kappa shape index (κ2) is 9.15. The molecule has 7 heteroatoms. The summed E-state index contributed by atoms with van der Waals surface area (Å²) in [5, 5.41) is 0.722. The molecular weight excluding hydrogens is 450 g/mol. The summed E-state index contributed by atoms with van der Waals surface area (Å²) in [6.45, 7) is 5.91. The molecule has 0 bridgehead atoms. The lowest BCUT2D eigenvalue weighted by molar-refractivity contribution is -0.122. The van der Waals surface area contributed by atoms with Crippen LogP contribution in [0.4, 0.5) is 11.4 Å². The number of anilines is 1. The van der Waals surface area contributed by atoms with E-state index in [0.29, 0.717) is 11.4 Å². The number of morpholine rings is 1. The first-order valence-corrected chi connectivity index (χ1v) is 11.2. The van der Waals surface area contributed by atoms with Gasteiger partial charge in [-0.3, -0.25) is 9.69 Å². The third kappa shape index (κ3) is 4.74. The van der Waals surface area contributed by atoms with Crippen LogP contribution in [-0.4, -0.2) is 48.8 Å². The molecule has 0 aliphatic carbocycles. The Kier molecular flexibility index (Phi) is 6.37. The van der Waals surface area contributed by atoms with Crippen molar-refractivity contribution in [2.24, 2.45) is 4.99 Å². The van der Waals surface area contributed by atoms with Crippen LogP contribution >= 0.6 is 27.7 Å². The van der Waals surface area contributed by atoms with Crippen molar-refractivity contribution >= 4 is 56.2 Å². The lowest BCUT2D eigenvalue weighted by atomic mass is 10.2. The molecule has 2 heterocycles. The number of carbonyl (C=O) groups is 1. The van der Waals surface area contributed by atoms with Crippen molar-refractivity contribution in [3.05, 3.63) is 63.5 Å². The van der Waals surface area contributed by atoms with E-state index in [-0.39, 0.29) is 5.91 Å². The molecule has 0 saturated carbocycles. The molecule has 2 aliphatic rings. The summed E-state index contributed by atoms with van der Waals surface area (Å²) in [5.74, 6) is 0.00380. The number of hydrogen-bond acceptors (Lipinski definition) is 5. The van der Waals surface area contributed by atoms with E-state index in [1.165, 1.54) is 17.4 Å². The van der Waals surface area contributed by atoms with Crippen LogP contribution in [-0.2, 0) is 9.53 Å². The quantitative estimate of drug-likeness (QED) is 0.594. The fourth-order valence-electron chi connectivity index (χ4n) is 3.25.